The number of carboxylic acid groups (broad SMARTS) is 1. The van der Waals surface area contributed by atoms with Crippen LogP contribution >= 0.6 is 0 Å². The number of aliphatic carboxylic acids is 1. The molecule has 1 aromatic carbocycles. The van der Waals surface area contributed by atoms with Crippen LogP contribution in [0.25, 0.3) is 6.08 Å². The minimum atomic E-state index is -0.804. The number of ketones is 1. The number of ether oxygens (including phenoxy) is 1. The molecule has 0 saturated carbocycles. The van der Waals surface area contributed by atoms with E-state index in [0.29, 0.717) is 24.8 Å². The molecule has 0 heterocycles. The van der Waals surface area contributed by atoms with Gasteiger partial charge in [-0.1, -0.05) is 61.8 Å². The van der Waals surface area contributed by atoms with Gasteiger partial charge in [-0.2, -0.15) is 0 Å². The van der Waals surface area contributed by atoms with Crippen molar-refractivity contribution in [3.63, 3.8) is 0 Å². The van der Waals surface area contributed by atoms with Crippen molar-refractivity contribution < 1.29 is 19.4 Å². The van der Waals surface area contributed by atoms with E-state index in [9.17, 15) is 14.7 Å². The van der Waals surface area contributed by atoms with Crippen LogP contribution in [0.4, 0.5) is 0 Å². The zero-order valence-corrected chi connectivity index (χ0v) is 18.2. The van der Waals surface area contributed by atoms with E-state index in [-0.39, 0.29) is 5.78 Å². The minimum Gasteiger partial charge on any atom is -0.497 e. The minimum absolute atomic E-state index is 0.0731. The number of rotatable bonds is 13. The Kier molecular flexibility index (Phi) is 10.1. The predicted molar refractivity (Wildman–Crippen MR) is 122 cm³/mol. The number of Topliss-reactive ketones (excluding diaryl/α,β-unsaturated/α-hetero) is 1. The molecule has 0 radical (unpaired) electrons. The third-order valence-electron chi connectivity index (χ3n) is 5.50. The van der Waals surface area contributed by atoms with Crippen LogP contribution in [0.5, 0.6) is 5.75 Å². The Bertz CT molecular complexity index is 784. The van der Waals surface area contributed by atoms with E-state index < -0.39 is 11.9 Å². The van der Waals surface area contributed by atoms with E-state index in [0.717, 1.165) is 49.8 Å². The third-order valence-corrected chi connectivity index (χ3v) is 5.50. The van der Waals surface area contributed by atoms with Gasteiger partial charge >= 0.3 is 5.97 Å². The number of carboxylic acids is 1. The quantitative estimate of drug-likeness (QED) is 0.383. The van der Waals surface area contributed by atoms with Crippen molar-refractivity contribution in [1.82, 2.24) is 0 Å². The molecule has 1 atom stereocenters. The fourth-order valence-electron chi connectivity index (χ4n) is 3.61. The van der Waals surface area contributed by atoms with Gasteiger partial charge in [0.1, 0.15) is 5.75 Å². The first-order valence-electron chi connectivity index (χ1n) is 11.0. The van der Waals surface area contributed by atoms with Gasteiger partial charge in [-0.15, -0.1) is 0 Å². The molecule has 1 aliphatic carbocycles. The number of unbranched alkanes of at least 4 members (excludes halogenated alkanes) is 3. The van der Waals surface area contributed by atoms with Gasteiger partial charge in [0, 0.05) is 6.42 Å². The zero-order valence-electron chi connectivity index (χ0n) is 18.2. The Morgan fingerprint density at radius 1 is 1.20 bits per heavy atom. The summed E-state index contributed by atoms with van der Waals surface area (Å²) in [5, 5.41) is 9.61. The average Bonchev–Trinajstić information content (AvgIpc) is 2.75. The van der Waals surface area contributed by atoms with Gasteiger partial charge in [0.2, 0.25) is 0 Å². The van der Waals surface area contributed by atoms with E-state index in [1.54, 1.807) is 7.11 Å². The zero-order chi connectivity index (χ0) is 21.8. The van der Waals surface area contributed by atoms with Crippen LogP contribution in [0.15, 0.2) is 53.6 Å². The molecule has 2 rings (SSSR count). The van der Waals surface area contributed by atoms with Crippen molar-refractivity contribution in [2.75, 3.05) is 7.11 Å². The van der Waals surface area contributed by atoms with Crippen LogP contribution in [0, 0.1) is 5.92 Å². The van der Waals surface area contributed by atoms with Crippen molar-refractivity contribution in [2.24, 2.45) is 5.92 Å². The highest BCUT2D eigenvalue weighted by atomic mass is 16.5. The summed E-state index contributed by atoms with van der Waals surface area (Å²) in [4.78, 5) is 24.0. The van der Waals surface area contributed by atoms with E-state index in [1.807, 2.05) is 36.4 Å². The highest BCUT2D eigenvalue weighted by Crippen LogP contribution is 2.26. The lowest BCUT2D eigenvalue weighted by Gasteiger charge is -2.17. The Labute approximate surface area is 180 Å². The number of carbonyl (C=O) groups is 2. The summed E-state index contributed by atoms with van der Waals surface area (Å²) in [6.07, 6.45) is 15.3. The van der Waals surface area contributed by atoms with Crippen molar-refractivity contribution in [2.45, 2.75) is 64.7 Å². The van der Waals surface area contributed by atoms with Crippen LogP contribution in [0.2, 0.25) is 0 Å². The van der Waals surface area contributed by atoms with E-state index in [4.69, 9.17) is 4.74 Å². The summed E-state index contributed by atoms with van der Waals surface area (Å²) in [7, 11) is 1.65. The van der Waals surface area contributed by atoms with Gasteiger partial charge in [-0.3, -0.25) is 9.59 Å². The lowest BCUT2D eigenvalue weighted by molar-refractivity contribution is -0.142. The molecule has 1 aromatic rings. The predicted octanol–water partition coefficient (Wildman–Crippen LogP) is 6.38. The van der Waals surface area contributed by atoms with Crippen LogP contribution in [0.3, 0.4) is 0 Å². The molecule has 4 nitrogen and oxygen atoms in total. The number of hydrogen-bond donors (Lipinski definition) is 1. The van der Waals surface area contributed by atoms with Gasteiger partial charge in [-0.05, 0) is 61.8 Å². The molecule has 0 bridgehead atoms. The summed E-state index contributed by atoms with van der Waals surface area (Å²) in [5.74, 6) is -0.381. The van der Waals surface area contributed by atoms with Crippen LogP contribution in [0.1, 0.15) is 70.3 Å². The van der Waals surface area contributed by atoms with Gasteiger partial charge in [0.15, 0.2) is 5.78 Å². The highest BCUT2D eigenvalue weighted by molar-refractivity contribution is 5.98. The normalized spacial score (nSPS) is 15.1. The number of allylic oxidation sites excluding steroid dienone is 5. The number of carbonyl (C=O) groups excluding carboxylic acids is 1. The summed E-state index contributed by atoms with van der Waals surface area (Å²) in [6.45, 7) is 2.14. The Hall–Kier alpha value is -2.62. The molecule has 0 aliphatic heterocycles. The largest absolute Gasteiger partial charge is 0.497 e. The van der Waals surface area contributed by atoms with Gasteiger partial charge < -0.3 is 9.84 Å². The molecule has 30 heavy (non-hydrogen) atoms. The topological polar surface area (TPSA) is 63.6 Å². The number of hydrogen-bond acceptors (Lipinski definition) is 3. The van der Waals surface area contributed by atoms with Crippen LogP contribution < -0.4 is 4.74 Å². The molecule has 4 heteroatoms. The standard InChI is InChI=1S/C26H34O4/c1-3-4-9-21-14-17-25(27)23(18-21)19-22(26(28)29)11-8-6-5-7-10-20-12-15-24(30-2)16-13-20/h7,10,12-16,18,22H,3-6,8-9,11,17,19H2,1-2H3,(H,28,29)/b10-7+. The van der Waals surface area contributed by atoms with Crippen LogP contribution in [-0.4, -0.2) is 24.0 Å². The lowest BCUT2D eigenvalue weighted by atomic mass is 9.87. The SMILES string of the molecule is CCCCC1=CCC(=O)C(CC(CCCC/C=C/c2ccc(OC)cc2)C(=O)O)=C1. The number of methoxy groups -OCH3 is 1. The summed E-state index contributed by atoms with van der Waals surface area (Å²) in [6, 6.07) is 7.88. The molecule has 0 amide bonds. The van der Waals surface area contributed by atoms with Crippen molar-refractivity contribution >= 4 is 17.8 Å². The van der Waals surface area contributed by atoms with E-state index in [2.05, 4.69) is 19.1 Å². The van der Waals surface area contributed by atoms with E-state index in [1.165, 1.54) is 5.57 Å². The maximum absolute atomic E-state index is 12.2. The third kappa shape index (κ3) is 8.02. The highest BCUT2D eigenvalue weighted by Gasteiger charge is 2.23. The fraction of sp³-hybridized carbons (Fsp3) is 0.462. The molecule has 162 valence electrons. The van der Waals surface area contributed by atoms with Gasteiger partial charge in [0.25, 0.3) is 0 Å². The molecule has 0 saturated heterocycles. The average molecular weight is 411 g/mol. The van der Waals surface area contributed by atoms with Gasteiger partial charge in [0.05, 0.1) is 13.0 Å². The maximum Gasteiger partial charge on any atom is 0.306 e. The monoisotopic (exact) mass is 410 g/mol. The summed E-state index contributed by atoms with van der Waals surface area (Å²) in [5.41, 5.74) is 2.99. The maximum atomic E-state index is 12.2. The Morgan fingerprint density at radius 3 is 2.63 bits per heavy atom. The molecular weight excluding hydrogens is 376 g/mol. The molecule has 1 aliphatic rings. The van der Waals surface area contributed by atoms with Crippen molar-refractivity contribution in [1.29, 1.82) is 0 Å². The Balaban J connectivity index is 1.79. The lowest BCUT2D eigenvalue weighted by Crippen LogP contribution is -2.18. The summed E-state index contributed by atoms with van der Waals surface area (Å²) >= 11 is 0. The molecule has 1 unspecified atom stereocenters. The second-order valence-corrected chi connectivity index (χ2v) is 7.88. The first kappa shape index (κ1) is 23.7. The van der Waals surface area contributed by atoms with Gasteiger partial charge in [-0.25, -0.2) is 0 Å². The Morgan fingerprint density at radius 2 is 1.97 bits per heavy atom. The summed E-state index contributed by atoms with van der Waals surface area (Å²) < 4.78 is 5.15. The second-order valence-electron chi connectivity index (χ2n) is 7.88. The van der Waals surface area contributed by atoms with Crippen LogP contribution in [-0.2, 0) is 9.59 Å². The van der Waals surface area contributed by atoms with E-state index >= 15 is 0 Å². The molecule has 0 spiro atoms. The van der Waals surface area contributed by atoms with Crippen molar-refractivity contribution in [3.05, 3.63) is 59.2 Å². The molecular formula is C26H34O4. The first-order valence-corrected chi connectivity index (χ1v) is 11.0. The molecule has 0 aromatic heterocycles. The number of benzene rings is 1. The fourth-order valence-corrected chi connectivity index (χ4v) is 3.61. The second kappa shape index (κ2) is 12.8. The molecule has 0 fully saturated rings. The first-order chi connectivity index (χ1) is 14.5. The van der Waals surface area contributed by atoms with Crippen molar-refractivity contribution in [3.8, 4) is 5.75 Å². The molecule has 1 N–H and O–H groups in total. The smallest absolute Gasteiger partial charge is 0.306 e.